The molecule has 2 heterocycles. The maximum atomic E-state index is 4.98. The van der Waals surface area contributed by atoms with Crippen molar-refractivity contribution in [1.29, 1.82) is 0 Å². The highest BCUT2D eigenvalue weighted by molar-refractivity contribution is 6.09. The molecule has 0 radical (unpaired) electrons. The molecule has 1 unspecified atom stereocenters. The van der Waals surface area contributed by atoms with E-state index in [1.165, 1.54) is 50.0 Å². The molecule has 0 spiro atoms. The number of nitrogens with zero attached hydrogens (tertiary/aromatic N) is 1. The number of aromatic nitrogens is 2. The number of aromatic amines is 1. The number of H-pyrrole nitrogens is 1. The molecule has 7 rings (SSSR count). The summed E-state index contributed by atoms with van der Waals surface area (Å²) in [5.74, 6) is 0. The van der Waals surface area contributed by atoms with Crippen molar-refractivity contribution in [2.24, 2.45) is 0 Å². The highest BCUT2D eigenvalue weighted by atomic mass is 14.8. The molecule has 0 saturated heterocycles. The average molecular weight is 411 g/mol. The van der Waals surface area contributed by atoms with Gasteiger partial charge in [-0.25, -0.2) is 0 Å². The largest absolute Gasteiger partial charge is 0.355 e. The zero-order chi connectivity index (χ0) is 21.1. The highest BCUT2D eigenvalue weighted by Gasteiger charge is 2.51. The summed E-state index contributed by atoms with van der Waals surface area (Å²) in [4.78, 5) is 8.81. The summed E-state index contributed by atoms with van der Waals surface area (Å²) in [5, 5.41) is 1.34. The number of para-hydroxylation sites is 1. The van der Waals surface area contributed by atoms with Gasteiger partial charge in [-0.05, 0) is 58.9 Å². The van der Waals surface area contributed by atoms with Crippen molar-refractivity contribution < 1.29 is 0 Å². The van der Waals surface area contributed by atoms with E-state index in [0.717, 1.165) is 18.5 Å². The number of pyridine rings is 1. The second kappa shape index (κ2) is 6.54. The topological polar surface area (TPSA) is 28.7 Å². The Balaban J connectivity index is 1.67. The second-order valence-electron chi connectivity index (χ2n) is 8.75. The molecule has 1 N–H and O–H groups in total. The van der Waals surface area contributed by atoms with Crippen LogP contribution in [0.15, 0.2) is 103 Å². The monoisotopic (exact) mass is 410 g/mol. The summed E-state index contributed by atoms with van der Waals surface area (Å²) in [7, 11) is 0. The SMILES string of the molecule is c1ccc(C2(c3ccccn3)C3=C(CCc4c3[nH]c3ccccc43)c3ccccc32)cc1. The summed E-state index contributed by atoms with van der Waals surface area (Å²) < 4.78 is 0. The maximum absolute atomic E-state index is 4.98. The van der Waals surface area contributed by atoms with Gasteiger partial charge in [0.15, 0.2) is 0 Å². The van der Waals surface area contributed by atoms with Gasteiger partial charge < -0.3 is 4.98 Å². The molecule has 5 aromatic rings. The standard InChI is InChI=1S/C30H22N2/c1-2-10-20(11-3-1)30(27-16-8-9-19-31-27)25-14-6-4-12-21(25)23-17-18-24-22-13-5-7-15-26(22)32-29(24)28(23)30/h1-16,19,32H,17-18H2. The van der Waals surface area contributed by atoms with Gasteiger partial charge in [-0.3, -0.25) is 4.98 Å². The first kappa shape index (κ1) is 17.7. The van der Waals surface area contributed by atoms with Crippen molar-refractivity contribution in [3.8, 4) is 0 Å². The van der Waals surface area contributed by atoms with E-state index < -0.39 is 5.41 Å². The van der Waals surface area contributed by atoms with Crippen molar-refractivity contribution in [3.05, 3.63) is 137 Å². The fourth-order valence-electron chi connectivity index (χ4n) is 6.08. The Morgan fingerprint density at radius 2 is 1.50 bits per heavy atom. The third-order valence-electron chi connectivity index (χ3n) is 7.28. The van der Waals surface area contributed by atoms with Gasteiger partial charge in [0, 0.05) is 28.4 Å². The fraction of sp³-hybridized carbons (Fsp3) is 0.100. The third-order valence-corrected chi connectivity index (χ3v) is 7.28. The lowest BCUT2D eigenvalue weighted by Gasteiger charge is -2.35. The number of hydrogen-bond acceptors (Lipinski definition) is 1. The Kier molecular flexibility index (Phi) is 3.63. The van der Waals surface area contributed by atoms with E-state index in [4.69, 9.17) is 4.98 Å². The molecule has 0 fully saturated rings. The Morgan fingerprint density at radius 3 is 2.38 bits per heavy atom. The number of benzene rings is 3. The lowest BCUT2D eigenvalue weighted by atomic mass is 9.67. The van der Waals surface area contributed by atoms with Gasteiger partial charge in [-0.15, -0.1) is 0 Å². The Morgan fingerprint density at radius 1 is 0.719 bits per heavy atom. The first-order chi connectivity index (χ1) is 15.9. The van der Waals surface area contributed by atoms with E-state index in [1.807, 2.05) is 12.3 Å². The van der Waals surface area contributed by atoms with Gasteiger partial charge in [0.2, 0.25) is 0 Å². The number of rotatable bonds is 2. The number of allylic oxidation sites excluding steroid dienone is 2. The quantitative estimate of drug-likeness (QED) is 0.342. The minimum absolute atomic E-state index is 0.440. The predicted octanol–water partition coefficient (Wildman–Crippen LogP) is 6.77. The van der Waals surface area contributed by atoms with Crippen LogP contribution in [-0.2, 0) is 11.8 Å². The summed E-state index contributed by atoms with van der Waals surface area (Å²) in [6.07, 6.45) is 4.03. The Hall–Kier alpha value is -3.91. The lowest BCUT2D eigenvalue weighted by molar-refractivity contribution is 0.769. The zero-order valence-electron chi connectivity index (χ0n) is 17.7. The van der Waals surface area contributed by atoms with Gasteiger partial charge in [0.25, 0.3) is 0 Å². The van der Waals surface area contributed by atoms with Crippen LogP contribution in [0.5, 0.6) is 0 Å². The molecule has 3 aromatic carbocycles. The van der Waals surface area contributed by atoms with E-state index in [0.29, 0.717) is 0 Å². The van der Waals surface area contributed by atoms with E-state index in [1.54, 1.807) is 0 Å². The normalized spacial score (nSPS) is 19.0. The summed E-state index contributed by atoms with van der Waals surface area (Å²) in [5.41, 5.74) is 11.4. The van der Waals surface area contributed by atoms with Gasteiger partial charge in [0.1, 0.15) is 0 Å². The van der Waals surface area contributed by atoms with Gasteiger partial charge in [-0.1, -0.05) is 78.9 Å². The molecular weight excluding hydrogens is 388 g/mol. The molecule has 2 aliphatic carbocycles. The van der Waals surface area contributed by atoms with E-state index in [-0.39, 0.29) is 0 Å². The first-order valence-electron chi connectivity index (χ1n) is 11.3. The first-order valence-corrected chi connectivity index (χ1v) is 11.3. The van der Waals surface area contributed by atoms with Crippen LogP contribution in [0.2, 0.25) is 0 Å². The van der Waals surface area contributed by atoms with Crippen molar-refractivity contribution in [3.63, 3.8) is 0 Å². The second-order valence-corrected chi connectivity index (χ2v) is 8.75. The molecule has 2 heteroatoms. The Bertz CT molecular complexity index is 1470. The lowest BCUT2D eigenvalue weighted by Crippen LogP contribution is -2.31. The molecule has 0 bridgehead atoms. The number of fused-ring (bicyclic) bond motifs is 6. The third kappa shape index (κ3) is 2.17. The molecule has 152 valence electrons. The van der Waals surface area contributed by atoms with Crippen LogP contribution >= 0.6 is 0 Å². The molecule has 0 saturated carbocycles. The van der Waals surface area contributed by atoms with E-state index in [9.17, 15) is 0 Å². The molecule has 0 amide bonds. The Labute approximate surface area is 187 Å². The minimum Gasteiger partial charge on any atom is -0.355 e. The molecule has 2 nitrogen and oxygen atoms in total. The van der Waals surface area contributed by atoms with Crippen LogP contribution in [0.3, 0.4) is 0 Å². The summed E-state index contributed by atoms with van der Waals surface area (Å²) >= 11 is 0. The van der Waals surface area contributed by atoms with Crippen LogP contribution in [0, 0.1) is 0 Å². The van der Waals surface area contributed by atoms with Crippen molar-refractivity contribution in [2.45, 2.75) is 18.3 Å². The van der Waals surface area contributed by atoms with Crippen molar-refractivity contribution in [2.75, 3.05) is 0 Å². The van der Waals surface area contributed by atoms with Crippen molar-refractivity contribution >= 4 is 22.0 Å². The molecule has 0 aliphatic heterocycles. The van der Waals surface area contributed by atoms with E-state index >= 15 is 0 Å². The smallest absolute Gasteiger partial charge is 0.0902 e. The number of hydrogen-bond donors (Lipinski definition) is 1. The fourth-order valence-corrected chi connectivity index (χ4v) is 6.08. The zero-order valence-corrected chi connectivity index (χ0v) is 17.7. The van der Waals surface area contributed by atoms with Crippen LogP contribution < -0.4 is 0 Å². The summed E-state index contributed by atoms with van der Waals surface area (Å²) in [6.45, 7) is 0. The minimum atomic E-state index is -0.440. The average Bonchev–Trinajstić information content (AvgIpc) is 3.39. The van der Waals surface area contributed by atoms with Gasteiger partial charge in [0.05, 0.1) is 11.1 Å². The molecule has 2 aliphatic rings. The van der Waals surface area contributed by atoms with Gasteiger partial charge in [-0.2, -0.15) is 0 Å². The predicted molar refractivity (Wildman–Crippen MR) is 130 cm³/mol. The highest BCUT2D eigenvalue weighted by Crippen LogP contribution is 2.60. The molecule has 2 aromatic heterocycles. The maximum Gasteiger partial charge on any atom is 0.0902 e. The number of aryl methyl sites for hydroxylation is 1. The van der Waals surface area contributed by atoms with Crippen LogP contribution in [0.4, 0.5) is 0 Å². The van der Waals surface area contributed by atoms with Crippen LogP contribution in [-0.4, -0.2) is 9.97 Å². The van der Waals surface area contributed by atoms with Crippen LogP contribution in [0.1, 0.15) is 40.1 Å². The molecular formula is C30H22N2. The summed E-state index contributed by atoms with van der Waals surface area (Å²) in [6, 6.07) is 34.9. The number of nitrogens with one attached hydrogen (secondary N) is 1. The van der Waals surface area contributed by atoms with E-state index in [2.05, 4.69) is 96.0 Å². The van der Waals surface area contributed by atoms with Crippen molar-refractivity contribution in [1.82, 2.24) is 9.97 Å². The molecule has 1 atom stereocenters. The van der Waals surface area contributed by atoms with Gasteiger partial charge >= 0.3 is 0 Å². The van der Waals surface area contributed by atoms with Crippen LogP contribution in [0.25, 0.3) is 22.0 Å². The molecule has 32 heavy (non-hydrogen) atoms.